The maximum absolute atomic E-state index is 3.83. The Bertz CT molecular complexity index is 347. The molecule has 0 saturated carbocycles. The lowest BCUT2D eigenvalue weighted by Crippen LogP contribution is -2.22. The lowest BCUT2D eigenvalue weighted by Gasteiger charge is -2.27. The first-order chi connectivity index (χ1) is 7.50. The third-order valence-electron chi connectivity index (χ3n) is 2.90. The second kappa shape index (κ2) is 5.31. The van der Waals surface area contributed by atoms with Gasteiger partial charge >= 0.3 is 0 Å². The van der Waals surface area contributed by atoms with E-state index in [1.54, 1.807) is 0 Å². The van der Waals surface area contributed by atoms with Crippen molar-refractivity contribution in [1.29, 1.82) is 0 Å². The Kier molecular flexibility index (Phi) is 4.31. The van der Waals surface area contributed by atoms with Gasteiger partial charge in [-0.05, 0) is 30.0 Å². The Balaban J connectivity index is 3.16. The van der Waals surface area contributed by atoms with Crippen molar-refractivity contribution in [3.8, 4) is 0 Å². The predicted molar refractivity (Wildman–Crippen MR) is 71.8 cm³/mol. The summed E-state index contributed by atoms with van der Waals surface area (Å²) in [5, 5.41) is 3.36. The monoisotopic (exact) mass is 217 g/mol. The Morgan fingerprint density at radius 1 is 1.31 bits per heavy atom. The van der Waals surface area contributed by atoms with Crippen LogP contribution < -0.4 is 5.32 Å². The van der Waals surface area contributed by atoms with E-state index in [2.05, 4.69) is 56.9 Å². The largest absolute Gasteiger partial charge is 0.313 e. The minimum atomic E-state index is 0.187. The molecule has 1 rings (SSSR count). The van der Waals surface area contributed by atoms with Crippen LogP contribution >= 0.6 is 0 Å². The number of benzene rings is 1. The Hall–Kier alpha value is -1.08. The van der Waals surface area contributed by atoms with Gasteiger partial charge in [0.15, 0.2) is 0 Å². The summed E-state index contributed by atoms with van der Waals surface area (Å²) in [4.78, 5) is 0. The maximum Gasteiger partial charge on any atom is 0.0355 e. The fourth-order valence-corrected chi connectivity index (χ4v) is 2.05. The smallest absolute Gasteiger partial charge is 0.0355 e. The van der Waals surface area contributed by atoms with Gasteiger partial charge in [0.1, 0.15) is 0 Å². The van der Waals surface area contributed by atoms with Crippen LogP contribution in [0.25, 0.3) is 0 Å². The average Bonchev–Trinajstić information content (AvgIpc) is 2.25. The third kappa shape index (κ3) is 2.96. The zero-order chi connectivity index (χ0) is 12.2. The average molecular weight is 217 g/mol. The standard InChI is InChI=1S/C15H23N/c1-6-9-14(16-5)12-10-7-8-11-13(12)15(2,3)4/h6-8,10-11,14,16H,1,9H2,2-5H3. The van der Waals surface area contributed by atoms with Crippen molar-refractivity contribution in [3.63, 3.8) is 0 Å². The Labute approximate surface area is 99.6 Å². The molecular weight excluding hydrogens is 194 g/mol. The molecule has 1 nitrogen and oxygen atoms in total. The molecule has 0 aromatic heterocycles. The number of rotatable bonds is 4. The molecule has 1 unspecified atom stereocenters. The van der Waals surface area contributed by atoms with Crippen LogP contribution in [0.3, 0.4) is 0 Å². The van der Waals surface area contributed by atoms with Crippen molar-refractivity contribution in [1.82, 2.24) is 5.32 Å². The van der Waals surface area contributed by atoms with Crippen LogP contribution in [0.2, 0.25) is 0 Å². The predicted octanol–water partition coefficient (Wildman–Crippen LogP) is 3.82. The maximum atomic E-state index is 3.83. The molecule has 0 aliphatic heterocycles. The zero-order valence-corrected chi connectivity index (χ0v) is 10.9. The van der Waals surface area contributed by atoms with E-state index >= 15 is 0 Å². The van der Waals surface area contributed by atoms with Gasteiger partial charge in [0, 0.05) is 6.04 Å². The topological polar surface area (TPSA) is 12.0 Å². The van der Waals surface area contributed by atoms with Crippen molar-refractivity contribution in [2.75, 3.05) is 7.05 Å². The van der Waals surface area contributed by atoms with E-state index in [1.165, 1.54) is 11.1 Å². The van der Waals surface area contributed by atoms with E-state index in [4.69, 9.17) is 0 Å². The first-order valence-corrected chi connectivity index (χ1v) is 5.88. The van der Waals surface area contributed by atoms with Gasteiger partial charge in [-0.3, -0.25) is 0 Å². The summed E-state index contributed by atoms with van der Waals surface area (Å²) < 4.78 is 0. The minimum Gasteiger partial charge on any atom is -0.313 e. The van der Waals surface area contributed by atoms with Crippen molar-refractivity contribution in [2.24, 2.45) is 0 Å². The van der Waals surface area contributed by atoms with E-state index in [-0.39, 0.29) is 5.41 Å². The molecule has 88 valence electrons. The van der Waals surface area contributed by atoms with E-state index in [1.807, 2.05) is 13.1 Å². The van der Waals surface area contributed by atoms with Gasteiger partial charge in [-0.1, -0.05) is 51.1 Å². The second-order valence-electron chi connectivity index (χ2n) is 5.20. The molecule has 0 aliphatic carbocycles. The van der Waals surface area contributed by atoms with Gasteiger partial charge in [-0.15, -0.1) is 6.58 Å². The highest BCUT2D eigenvalue weighted by Gasteiger charge is 2.20. The fourth-order valence-electron chi connectivity index (χ4n) is 2.05. The molecule has 0 bridgehead atoms. The normalized spacial score (nSPS) is 13.5. The first-order valence-electron chi connectivity index (χ1n) is 5.88. The van der Waals surface area contributed by atoms with Gasteiger partial charge < -0.3 is 5.32 Å². The molecule has 1 atom stereocenters. The van der Waals surface area contributed by atoms with Crippen LogP contribution in [0.4, 0.5) is 0 Å². The molecule has 1 heteroatoms. The first kappa shape index (κ1) is 13.0. The quantitative estimate of drug-likeness (QED) is 0.756. The molecule has 0 heterocycles. The molecule has 1 aromatic rings. The van der Waals surface area contributed by atoms with Crippen LogP contribution in [0.1, 0.15) is 44.4 Å². The highest BCUT2D eigenvalue weighted by Crippen LogP contribution is 2.30. The summed E-state index contributed by atoms with van der Waals surface area (Å²) in [7, 11) is 2.01. The zero-order valence-electron chi connectivity index (χ0n) is 10.9. The minimum absolute atomic E-state index is 0.187. The van der Waals surface area contributed by atoms with Crippen molar-refractivity contribution in [3.05, 3.63) is 48.0 Å². The molecular formula is C15H23N. The summed E-state index contributed by atoms with van der Waals surface area (Å²) in [6, 6.07) is 9.03. The molecule has 0 aliphatic rings. The molecule has 1 N–H and O–H groups in total. The summed E-state index contributed by atoms with van der Waals surface area (Å²) in [5.74, 6) is 0. The summed E-state index contributed by atoms with van der Waals surface area (Å²) in [6.45, 7) is 10.6. The van der Waals surface area contributed by atoms with E-state index in [9.17, 15) is 0 Å². The van der Waals surface area contributed by atoms with Crippen LogP contribution in [0, 0.1) is 0 Å². The molecule has 1 aromatic carbocycles. The highest BCUT2D eigenvalue weighted by molar-refractivity contribution is 5.35. The van der Waals surface area contributed by atoms with Crippen LogP contribution in [0.15, 0.2) is 36.9 Å². The fraction of sp³-hybridized carbons (Fsp3) is 0.467. The van der Waals surface area contributed by atoms with Crippen molar-refractivity contribution in [2.45, 2.75) is 38.6 Å². The van der Waals surface area contributed by atoms with Gasteiger partial charge in [-0.25, -0.2) is 0 Å². The molecule has 0 saturated heterocycles. The van der Waals surface area contributed by atoms with Crippen LogP contribution in [-0.2, 0) is 5.41 Å². The Morgan fingerprint density at radius 3 is 2.44 bits per heavy atom. The lowest BCUT2D eigenvalue weighted by atomic mass is 9.81. The number of hydrogen-bond donors (Lipinski definition) is 1. The van der Waals surface area contributed by atoms with Gasteiger partial charge in [-0.2, -0.15) is 0 Å². The van der Waals surface area contributed by atoms with Crippen LogP contribution in [-0.4, -0.2) is 7.05 Å². The van der Waals surface area contributed by atoms with Crippen LogP contribution in [0.5, 0.6) is 0 Å². The summed E-state index contributed by atoms with van der Waals surface area (Å²) in [5.41, 5.74) is 2.99. The number of nitrogens with one attached hydrogen (secondary N) is 1. The van der Waals surface area contributed by atoms with Crippen molar-refractivity contribution >= 4 is 0 Å². The molecule has 0 fully saturated rings. The van der Waals surface area contributed by atoms with Gasteiger partial charge in [0.25, 0.3) is 0 Å². The van der Waals surface area contributed by atoms with E-state index in [0.717, 1.165) is 6.42 Å². The Morgan fingerprint density at radius 2 is 1.94 bits per heavy atom. The van der Waals surface area contributed by atoms with Gasteiger partial charge in [0.2, 0.25) is 0 Å². The molecule has 0 amide bonds. The molecule has 16 heavy (non-hydrogen) atoms. The third-order valence-corrected chi connectivity index (χ3v) is 2.90. The van der Waals surface area contributed by atoms with E-state index in [0.29, 0.717) is 6.04 Å². The summed E-state index contributed by atoms with van der Waals surface area (Å²) in [6.07, 6.45) is 2.93. The second-order valence-corrected chi connectivity index (χ2v) is 5.20. The number of hydrogen-bond acceptors (Lipinski definition) is 1. The lowest BCUT2D eigenvalue weighted by molar-refractivity contribution is 0.543. The SMILES string of the molecule is C=CCC(NC)c1ccccc1C(C)(C)C. The van der Waals surface area contributed by atoms with Crippen molar-refractivity contribution < 1.29 is 0 Å². The van der Waals surface area contributed by atoms with E-state index < -0.39 is 0 Å². The summed E-state index contributed by atoms with van der Waals surface area (Å²) >= 11 is 0. The van der Waals surface area contributed by atoms with Gasteiger partial charge in [0.05, 0.1) is 0 Å². The molecule has 0 radical (unpaired) electrons. The highest BCUT2D eigenvalue weighted by atomic mass is 14.9. The molecule has 0 spiro atoms.